The van der Waals surface area contributed by atoms with Crippen LogP contribution in [0, 0.1) is 28.1 Å². The normalized spacial score (nSPS) is 23.4. The number of ketones is 1. The van der Waals surface area contributed by atoms with Crippen LogP contribution in [-0.4, -0.2) is 23.3 Å². The van der Waals surface area contributed by atoms with Crippen molar-refractivity contribution in [1.82, 2.24) is 4.90 Å². The number of carbonyl (C=O) groups excluding carboxylic acids is 1. The number of hydrogen-bond acceptors (Lipinski definition) is 5. The maximum Gasteiger partial charge on any atom is 0.177 e. The van der Waals surface area contributed by atoms with Crippen LogP contribution in [0.2, 0.25) is 0 Å². The van der Waals surface area contributed by atoms with Crippen LogP contribution in [0.1, 0.15) is 42.5 Å². The van der Waals surface area contributed by atoms with E-state index in [1.54, 1.807) is 0 Å². The van der Waals surface area contributed by atoms with E-state index in [-0.39, 0.29) is 5.78 Å². The number of ether oxygens (including phenoxy) is 1. The highest BCUT2D eigenvalue weighted by Gasteiger charge is 2.63. The van der Waals surface area contributed by atoms with Crippen molar-refractivity contribution in [2.75, 3.05) is 6.61 Å². The molecule has 3 atom stereocenters. The second-order valence-electron chi connectivity index (χ2n) is 7.42. The molecule has 0 N–H and O–H groups in total. The second kappa shape index (κ2) is 7.11. The molecule has 0 aromatic heterocycles. The predicted molar refractivity (Wildman–Crippen MR) is 109 cm³/mol. The Balaban J connectivity index is 1.92. The zero-order chi connectivity index (χ0) is 20.6. The molecule has 144 valence electrons. The Morgan fingerprint density at radius 2 is 1.83 bits per heavy atom. The molecule has 4 rings (SSSR count). The quantitative estimate of drug-likeness (QED) is 0.791. The summed E-state index contributed by atoms with van der Waals surface area (Å²) in [5, 5.41) is 20.6. The summed E-state index contributed by atoms with van der Waals surface area (Å²) in [6.07, 6.45) is 3.80. The first-order valence-electron chi connectivity index (χ1n) is 9.67. The van der Waals surface area contributed by atoms with Crippen molar-refractivity contribution in [3.8, 4) is 17.9 Å². The summed E-state index contributed by atoms with van der Waals surface area (Å²) in [4.78, 5) is 14.7. The van der Waals surface area contributed by atoms with Crippen molar-refractivity contribution in [1.29, 1.82) is 10.5 Å². The summed E-state index contributed by atoms with van der Waals surface area (Å²) in [5.41, 5.74) is 1.26. The van der Waals surface area contributed by atoms with Crippen LogP contribution < -0.4 is 4.74 Å². The first kappa shape index (κ1) is 18.8. The Bertz CT molecular complexity index is 1040. The van der Waals surface area contributed by atoms with Crippen LogP contribution >= 0.6 is 0 Å². The van der Waals surface area contributed by atoms with Crippen molar-refractivity contribution >= 4 is 11.9 Å². The van der Waals surface area contributed by atoms with Crippen molar-refractivity contribution < 1.29 is 9.53 Å². The van der Waals surface area contributed by atoms with E-state index in [0.717, 1.165) is 22.4 Å². The van der Waals surface area contributed by atoms with Crippen molar-refractivity contribution in [3.05, 3.63) is 71.4 Å². The molecular formula is C24H21N3O2. The molecule has 0 bridgehead atoms. The Labute approximate surface area is 170 Å². The highest BCUT2D eigenvalue weighted by molar-refractivity contribution is 5.85. The Hall–Kier alpha value is -3.57. The molecule has 1 saturated heterocycles. The lowest BCUT2D eigenvalue weighted by atomic mass is 9.68. The van der Waals surface area contributed by atoms with Gasteiger partial charge in [0, 0.05) is 12.1 Å². The molecule has 2 aliphatic heterocycles. The molecule has 0 unspecified atom stereocenters. The molecular weight excluding hydrogens is 362 g/mol. The largest absolute Gasteiger partial charge is 0.494 e. The van der Waals surface area contributed by atoms with Gasteiger partial charge in [-0.25, -0.2) is 0 Å². The van der Waals surface area contributed by atoms with Gasteiger partial charge in [-0.3, -0.25) is 4.79 Å². The first-order valence-corrected chi connectivity index (χ1v) is 9.67. The maximum atomic E-state index is 12.8. The zero-order valence-electron chi connectivity index (χ0n) is 16.4. The fraction of sp³-hybridized carbons (Fsp3) is 0.292. The average Bonchev–Trinajstić information content (AvgIpc) is 3.06. The van der Waals surface area contributed by atoms with E-state index in [2.05, 4.69) is 12.1 Å². The number of fused-ring (bicyclic) bond motifs is 3. The Morgan fingerprint density at radius 1 is 1.14 bits per heavy atom. The highest BCUT2D eigenvalue weighted by Crippen LogP contribution is 2.59. The van der Waals surface area contributed by atoms with Gasteiger partial charge in [0.2, 0.25) is 0 Å². The summed E-state index contributed by atoms with van der Waals surface area (Å²) in [5.74, 6) is 0.0767. The first-order chi connectivity index (χ1) is 14.1. The third kappa shape index (κ3) is 2.70. The molecule has 0 aliphatic carbocycles. The number of hydrogen-bond donors (Lipinski definition) is 0. The van der Waals surface area contributed by atoms with Gasteiger partial charge in [-0.1, -0.05) is 36.4 Å². The van der Waals surface area contributed by atoms with E-state index in [4.69, 9.17) is 4.74 Å². The van der Waals surface area contributed by atoms with Gasteiger partial charge in [0.1, 0.15) is 5.75 Å². The van der Waals surface area contributed by atoms with E-state index in [1.807, 2.05) is 72.6 Å². The number of rotatable bonds is 4. The molecule has 0 amide bonds. The average molecular weight is 383 g/mol. The van der Waals surface area contributed by atoms with Crippen molar-refractivity contribution in [2.24, 2.45) is 5.41 Å². The SMILES string of the molecule is CCOc1ccc([C@@H]2[C@@H](C(C)=O)N3C=Cc4ccccc4[C@H]3C2(C#N)C#N)cc1. The van der Waals surface area contributed by atoms with Gasteiger partial charge in [-0.2, -0.15) is 10.5 Å². The molecule has 1 fully saturated rings. The minimum Gasteiger partial charge on any atom is -0.494 e. The molecule has 2 heterocycles. The van der Waals surface area contributed by atoms with Gasteiger partial charge in [0.25, 0.3) is 0 Å². The fourth-order valence-electron chi connectivity index (χ4n) is 4.76. The monoisotopic (exact) mass is 383 g/mol. The van der Waals surface area contributed by atoms with Gasteiger partial charge < -0.3 is 9.64 Å². The van der Waals surface area contributed by atoms with Crippen LogP contribution in [0.3, 0.4) is 0 Å². The molecule has 5 nitrogen and oxygen atoms in total. The van der Waals surface area contributed by atoms with Gasteiger partial charge in [-0.15, -0.1) is 0 Å². The minimum absolute atomic E-state index is 0.0645. The van der Waals surface area contributed by atoms with E-state index < -0.39 is 23.4 Å². The number of nitrogens with zero attached hydrogens (tertiary/aromatic N) is 3. The highest BCUT2D eigenvalue weighted by atomic mass is 16.5. The summed E-state index contributed by atoms with van der Waals surface area (Å²) in [6.45, 7) is 3.99. The lowest BCUT2D eigenvalue weighted by Gasteiger charge is -2.34. The van der Waals surface area contributed by atoms with Gasteiger partial charge in [0.15, 0.2) is 11.2 Å². The Kier molecular flexibility index (Phi) is 4.60. The third-order valence-electron chi connectivity index (χ3n) is 5.91. The third-order valence-corrected chi connectivity index (χ3v) is 5.91. The van der Waals surface area contributed by atoms with Crippen LogP contribution in [0.25, 0.3) is 6.08 Å². The van der Waals surface area contributed by atoms with Crippen molar-refractivity contribution in [2.45, 2.75) is 31.8 Å². The Morgan fingerprint density at radius 3 is 2.45 bits per heavy atom. The van der Waals surface area contributed by atoms with E-state index in [0.29, 0.717) is 6.61 Å². The topological polar surface area (TPSA) is 77.1 Å². The molecule has 5 heteroatoms. The van der Waals surface area contributed by atoms with E-state index >= 15 is 0 Å². The molecule has 0 saturated carbocycles. The lowest BCUT2D eigenvalue weighted by molar-refractivity contribution is -0.121. The van der Waals surface area contributed by atoms with E-state index in [9.17, 15) is 15.3 Å². The summed E-state index contributed by atoms with van der Waals surface area (Å²) < 4.78 is 5.52. The minimum atomic E-state index is -1.40. The molecule has 2 aromatic carbocycles. The zero-order valence-corrected chi connectivity index (χ0v) is 16.4. The van der Waals surface area contributed by atoms with Gasteiger partial charge >= 0.3 is 0 Å². The summed E-state index contributed by atoms with van der Waals surface area (Å²) in [7, 11) is 0. The maximum absolute atomic E-state index is 12.8. The smallest absolute Gasteiger partial charge is 0.177 e. The van der Waals surface area contributed by atoms with Crippen LogP contribution in [-0.2, 0) is 4.79 Å². The molecule has 2 aromatic rings. The summed E-state index contributed by atoms with van der Waals surface area (Å²) in [6, 6.07) is 18.7. The molecule has 0 radical (unpaired) electrons. The van der Waals surface area contributed by atoms with Gasteiger partial charge in [0.05, 0.1) is 30.8 Å². The molecule has 2 aliphatic rings. The number of benzene rings is 2. The summed E-state index contributed by atoms with van der Waals surface area (Å²) >= 11 is 0. The predicted octanol–water partition coefficient (Wildman–Crippen LogP) is 4.20. The number of Topliss-reactive ketones (excluding diaryl/α,β-unsaturated/α-hetero) is 1. The van der Waals surface area contributed by atoms with Crippen LogP contribution in [0.4, 0.5) is 0 Å². The van der Waals surface area contributed by atoms with E-state index in [1.165, 1.54) is 6.92 Å². The number of nitriles is 2. The standard InChI is InChI=1S/C24H21N3O2/c1-3-29-19-10-8-18(9-11-19)21-22(16(2)28)27-13-12-17-6-4-5-7-20(17)23(27)24(21,14-25)15-26/h4-13,21-23H,3H2,1-2H3/t21-,22-,23+/m1/s1. The molecule has 0 spiro atoms. The lowest BCUT2D eigenvalue weighted by Crippen LogP contribution is -2.36. The second-order valence-corrected chi connectivity index (χ2v) is 7.42. The molecule has 29 heavy (non-hydrogen) atoms. The fourth-order valence-corrected chi connectivity index (χ4v) is 4.76. The van der Waals surface area contributed by atoms with Crippen LogP contribution in [0.5, 0.6) is 5.75 Å². The number of carbonyl (C=O) groups is 1. The van der Waals surface area contributed by atoms with Crippen LogP contribution in [0.15, 0.2) is 54.7 Å². The van der Waals surface area contributed by atoms with Gasteiger partial charge in [-0.05, 0) is 48.7 Å². The van der Waals surface area contributed by atoms with Crippen molar-refractivity contribution in [3.63, 3.8) is 0 Å².